The van der Waals surface area contributed by atoms with Crippen LogP contribution in [0.3, 0.4) is 0 Å². The summed E-state index contributed by atoms with van der Waals surface area (Å²) in [6, 6.07) is 21.8. The number of benzene rings is 2. The van der Waals surface area contributed by atoms with Crippen LogP contribution in [0.4, 0.5) is 16.0 Å². The van der Waals surface area contributed by atoms with Crippen molar-refractivity contribution in [3.05, 3.63) is 95.8 Å². The van der Waals surface area contributed by atoms with Gasteiger partial charge in [-0.05, 0) is 73.6 Å². The topological polar surface area (TPSA) is 128 Å². The summed E-state index contributed by atoms with van der Waals surface area (Å²) in [6.07, 6.45) is 1.69. The first-order valence-electron chi connectivity index (χ1n) is 14.5. The second-order valence-corrected chi connectivity index (χ2v) is 13.1. The Kier molecular flexibility index (Phi) is 9.14. The van der Waals surface area contributed by atoms with Crippen molar-refractivity contribution in [1.29, 1.82) is 0 Å². The summed E-state index contributed by atoms with van der Waals surface area (Å²) in [6.45, 7) is 7.10. The maximum absolute atomic E-state index is 14.7. The number of anilines is 2. The van der Waals surface area contributed by atoms with E-state index in [0.29, 0.717) is 36.0 Å². The number of hydrogen-bond donors (Lipinski definition) is 2. The molecule has 5 rings (SSSR count). The molecule has 1 aliphatic heterocycles. The number of ether oxygens (including phenoxy) is 1. The molecule has 1 saturated heterocycles. The van der Waals surface area contributed by atoms with Gasteiger partial charge in [0.1, 0.15) is 23.2 Å². The van der Waals surface area contributed by atoms with E-state index in [1.165, 1.54) is 42.0 Å². The van der Waals surface area contributed by atoms with Crippen LogP contribution >= 0.6 is 0 Å². The summed E-state index contributed by atoms with van der Waals surface area (Å²) < 4.78 is 48.7. The largest absolute Gasteiger partial charge is 0.493 e. The van der Waals surface area contributed by atoms with Crippen LogP contribution in [0.15, 0.2) is 83.9 Å². The van der Waals surface area contributed by atoms with Gasteiger partial charge in [-0.2, -0.15) is 8.42 Å². The number of nitrogen functional groups attached to an aromatic ring is 1. The average Bonchev–Trinajstić information content (AvgIpc) is 3.35. The lowest BCUT2D eigenvalue weighted by atomic mass is 9.93. The van der Waals surface area contributed by atoms with E-state index in [0.717, 1.165) is 12.8 Å². The summed E-state index contributed by atoms with van der Waals surface area (Å²) in [5.41, 5.74) is 7.85. The summed E-state index contributed by atoms with van der Waals surface area (Å²) in [4.78, 5) is 24.3. The highest BCUT2D eigenvalue weighted by molar-refractivity contribution is 7.90. The molecule has 2 atom stereocenters. The molecule has 3 heterocycles. The fourth-order valence-corrected chi connectivity index (χ4v) is 6.31. The number of aromatic nitrogens is 2. The van der Waals surface area contributed by atoms with Crippen molar-refractivity contribution in [2.75, 3.05) is 23.8 Å². The Bertz CT molecular complexity index is 1760. The summed E-state index contributed by atoms with van der Waals surface area (Å²) in [5.74, 6) is -0.126. The molecule has 44 heavy (non-hydrogen) atoms. The third-order valence-corrected chi connectivity index (χ3v) is 8.88. The molecule has 0 bridgehead atoms. The summed E-state index contributed by atoms with van der Waals surface area (Å²) in [5, 5.41) is -0.372. The zero-order chi connectivity index (χ0) is 31.4. The van der Waals surface area contributed by atoms with Crippen molar-refractivity contribution in [2.24, 2.45) is 11.8 Å². The summed E-state index contributed by atoms with van der Waals surface area (Å²) in [7, 11) is -4.33. The van der Waals surface area contributed by atoms with Gasteiger partial charge < -0.3 is 15.4 Å². The highest BCUT2D eigenvalue weighted by Gasteiger charge is 2.35. The molecule has 0 saturated carbocycles. The van der Waals surface area contributed by atoms with E-state index in [1.807, 2.05) is 36.9 Å². The number of amides is 1. The van der Waals surface area contributed by atoms with Gasteiger partial charge in [0.15, 0.2) is 5.03 Å². The minimum atomic E-state index is -4.33. The second kappa shape index (κ2) is 13.0. The monoisotopic (exact) mass is 621 g/mol. The second-order valence-electron chi connectivity index (χ2n) is 11.5. The number of pyridine rings is 2. The van der Waals surface area contributed by atoms with E-state index in [9.17, 15) is 17.6 Å². The van der Waals surface area contributed by atoms with Crippen molar-refractivity contribution in [2.45, 2.75) is 44.7 Å². The number of nitrogens with two attached hydrogens (primary N) is 1. The first-order chi connectivity index (χ1) is 21.0. The fourth-order valence-electron chi connectivity index (χ4n) is 5.36. The number of rotatable bonds is 10. The van der Waals surface area contributed by atoms with Crippen LogP contribution in [0, 0.1) is 17.7 Å². The molecule has 0 spiro atoms. The van der Waals surface area contributed by atoms with E-state index in [-0.39, 0.29) is 37.1 Å². The number of nitrogens with zero attached hydrogens (tertiary/aromatic N) is 3. The quantitative estimate of drug-likeness (QED) is 0.222. The van der Waals surface area contributed by atoms with Crippen LogP contribution in [0.2, 0.25) is 0 Å². The van der Waals surface area contributed by atoms with E-state index >= 15 is 0 Å². The Hall–Kier alpha value is -4.51. The lowest BCUT2D eigenvalue weighted by Crippen LogP contribution is -2.36. The molecule has 2 aromatic heterocycles. The smallest absolute Gasteiger partial charge is 0.281 e. The number of sulfonamides is 1. The Morgan fingerprint density at radius 3 is 2.59 bits per heavy atom. The van der Waals surface area contributed by atoms with Gasteiger partial charge in [0.25, 0.3) is 15.9 Å². The van der Waals surface area contributed by atoms with Crippen molar-refractivity contribution < 1.29 is 25.2 Å². The highest BCUT2D eigenvalue weighted by atomic mass is 32.2. The van der Waals surface area contributed by atoms with E-state index < -0.39 is 21.7 Å². The van der Waals surface area contributed by atoms with Crippen LogP contribution in [0.1, 0.15) is 46.0 Å². The Morgan fingerprint density at radius 2 is 1.86 bits per heavy atom. The summed E-state index contributed by atoms with van der Waals surface area (Å²) >= 11 is 0. The van der Waals surface area contributed by atoms with Gasteiger partial charge in [0.2, 0.25) is 0 Å². The van der Waals surface area contributed by atoms with Gasteiger partial charge in [0, 0.05) is 27.1 Å². The zero-order valence-electron chi connectivity index (χ0n) is 24.9. The fraction of sp³-hybridized carbons (Fsp3) is 0.303. The average molecular weight is 622 g/mol. The van der Waals surface area contributed by atoms with Crippen LogP contribution in [0.25, 0.3) is 11.3 Å². The first kappa shape index (κ1) is 30.9. The molecule has 1 amide bonds. The zero-order valence-corrected chi connectivity index (χ0v) is 25.7. The van der Waals surface area contributed by atoms with Crippen LogP contribution in [-0.4, -0.2) is 43.5 Å². The molecule has 0 aliphatic carbocycles. The number of halogens is 1. The van der Waals surface area contributed by atoms with Crippen LogP contribution in [0.5, 0.6) is 5.75 Å². The van der Waals surface area contributed by atoms with Crippen LogP contribution < -0.4 is 20.1 Å². The minimum absolute atomic E-state index is 0. The van der Waals surface area contributed by atoms with Crippen molar-refractivity contribution in [3.8, 4) is 17.0 Å². The number of carbonyl (C=O) groups excluding carboxylic acids is 1. The molecule has 2 unspecified atom stereocenters. The van der Waals surface area contributed by atoms with Gasteiger partial charge in [-0.3, -0.25) is 4.79 Å². The number of carbonyl (C=O) groups is 1. The first-order valence-corrected chi connectivity index (χ1v) is 16.0. The molecular formula is C33H40FN5O4S. The molecule has 4 aromatic rings. The third kappa shape index (κ3) is 7.16. The molecular weight excluding hydrogens is 581 g/mol. The lowest BCUT2D eigenvalue weighted by Gasteiger charge is -2.28. The molecule has 2 aromatic carbocycles. The maximum Gasteiger partial charge on any atom is 0.281 e. The number of hydrogen-bond acceptors (Lipinski definition) is 8. The molecule has 234 valence electrons. The van der Waals surface area contributed by atoms with E-state index in [4.69, 9.17) is 15.5 Å². The number of nitrogens with one attached hydrogen (secondary N) is 1. The van der Waals surface area contributed by atoms with Gasteiger partial charge in [-0.25, -0.2) is 19.1 Å². The SMILES string of the molecule is CC(C)COc1cc(F)cc(-c2ccc(C(=O)NS(=O)(=O)c3cccc(N)n3)c(N3CCC(Cc4ccccc4)C3C)n2)c1.[HH].[HH]. The standard InChI is InChI=1S/C33H36FN5O4S.2H2/c1-21(2)20-43-27-18-25(17-26(34)19-27)29-13-12-28(33(40)38-44(41,42)31-11-7-10-30(35)37-31)32(36-29)39-15-14-24(22(39)3)16-23-8-5-4-6-9-23;;/h4-13,17-19,21-22,24H,14-16,20H2,1-3H3,(H2,35,37)(H,38,40);2*1H. The molecule has 1 fully saturated rings. The van der Waals surface area contributed by atoms with Gasteiger partial charge in [-0.1, -0.05) is 50.2 Å². The Balaban J connectivity index is 0.00000288. The van der Waals surface area contributed by atoms with Crippen LogP contribution in [-0.2, 0) is 16.4 Å². The van der Waals surface area contributed by atoms with E-state index in [1.54, 1.807) is 12.1 Å². The highest BCUT2D eigenvalue weighted by Crippen LogP contribution is 2.35. The third-order valence-electron chi connectivity index (χ3n) is 7.65. The normalized spacial score (nSPS) is 16.7. The molecule has 9 nitrogen and oxygen atoms in total. The molecule has 1 aliphatic rings. The van der Waals surface area contributed by atoms with E-state index in [2.05, 4.69) is 28.8 Å². The predicted molar refractivity (Wildman–Crippen MR) is 173 cm³/mol. The van der Waals surface area contributed by atoms with Gasteiger partial charge in [-0.15, -0.1) is 0 Å². The Labute approximate surface area is 260 Å². The molecule has 0 radical (unpaired) electrons. The molecule has 11 heteroatoms. The minimum Gasteiger partial charge on any atom is -0.493 e. The predicted octanol–water partition coefficient (Wildman–Crippen LogP) is 5.97. The maximum atomic E-state index is 14.7. The molecule has 3 N–H and O–H groups in total. The lowest BCUT2D eigenvalue weighted by molar-refractivity contribution is 0.0981. The Morgan fingerprint density at radius 1 is 1.09 bits per heavy atom. The van der Waals surface area contributed by atoms with Crippen molar-refractivity contribution in [1.82, 2.24) is 14.7 Å². The van der Waals surface area contributed by atoms with Gasteiger partial charge in [0.05, 0.1) is 17.9 Å². The van der Waals surface area contributed by atoms with Crippen molar-refractivity contribution >= 4 is 27.6 Å². The van der Waals surface area contributed by atoms with Gasteiger partial charge >= 0.3 is 0 Å². The van der Waals surface area contributed by atoms with Crippen molar-refractivity contribution in [3.63, 3.8) is 0 Å².